The zero-order valence-electron chi connectivity index (χ0n) is 13.1. The van der Waals surface area contributed by atoms with Crippen LogP contribution in [0, 0.1) is 11.8 Å². The van der Waals surface area contributed by atoms with Crippen molar-refractivity contribution in [2.75, 3.05) is 53.0 Å². The Kier molecular flexibility index (Phi) is 5.81. The number of likely N-dealkylation sites (N-methyl/N-ethyl adjacent to an activating group) is 1. The molecule has 2 aliphatic heterocycles. The first-order valence-electron chi connectivity index (χ1n) is 7.85. The summed E-state index contributed by atoms with van der Waals surface area (Å²) in [4.78, 5) is 16.9. The number of nitrogens with zero attached hydrogens (tertiary/aromatic N) is 2. The van der Waals surface area contributed by atoms with Crippen molar-refractivity contribution < 1.29 is 9.53 Å². The van der Waals surface area contributed by atoms with Gasteiger partial charge in [0.05, 0.1) is 19.1 Å². The lowest BCUT2D eigenvalue weighted by Crippen LogP contribution is -2.53. The molecule has 1 amide bonds. The number of nitrogens with one attached hydrogen (secondary N) is 1. The molecular weight excluding hydrogens is 254 g/mol. The maximum absolute atomic E-state index is 12.6. The highest BCUT2D eigenvalue weighted by molar-refractivity contribution is 5.79. The molecule has 116 valence electrons. The van der Waals surface area contributed by atoms with E-state index in [1.807, 2.05) is 4.90 Å². The highest BCUT2D eigenvalue weighted by Gasteiger charge is 2.32. The van der Waals surface area contributed by atoms with Crippen LogP contribution in [0.5, 0.6) is 0 Å². The Hall–Kier alpha value is -0.650. The third kappa shape index (κ3) is 4.17. The van der Waals surface area contributed by atoms with Gasteiger partial charge >= 0.3 is 0 Å². The van der Waals surface area contributed by atoms with Gasteiger partial charge in [-0.15, -0.1) is 0 Å². The van der Waals surface area contributed by atoms with Gasteiger partial charge in [-0.25, -0.2) is 0 Å². The van der Waals surface area contributed by atoms with E-state index in [0.717, 1.165) is 39.1 Å². The zero-order valence-corrected chi connectivity index (χ0v) is 13.1. The Morgan fingerprint density at radius 2 is 2.05 bits per heavy atom. The van der Waals surface area contributed by atoms with E-state index in [0.29, 0.717) is 31.1 Å². The molecule has 0 aromatic heterocycles. The number of carbonyl (C=O) groups is 1. The predicted molar refractivity (Wildman–Crippen MR) is 79.6 cm³/mol. The van der Waals surface area contributed by atoms with Crippen LogP contribution < -0.4 is 5.32 Å². The van der Waals surface area contributed by atoms with Crippen molar-refractivity contribution in [3.8, 4) is 0 Å². The van der Waals surface area contributed by atoms with Crippen LogP contribution >= 0.6 is 0 Å². The van der Waals surface area contributed by atoms with Gasteiger partial charge in [0.25, 0.3) is 0 Å². The predicted octanol–water partition coefficient (Wildman–Crippen LogP) is 0.411. The zero-order chi connectivity index (χ0) is 14.5. The van der Waals surface area contributed by atoms with Crippen molar-refractivity contribution in [2.45, 2.75) is 26.3 Å². The van der Waals surface area contributed by atoms with Crippen LogP contribution in [0.1, 0.15) is 20.3 Å². The molecule has 2 rings (SSSR count). The fourth-order valence-electron chi connectivity index (χ4n) is 3.21. The van der Waals surface area contributed by atoms with Gasteiger partial charge in [0.2, 0.25) is 5.91 Å². The first kappa shape index (κ1) is 15.7. The van der Waals surface area contributed by atoms with E-state index in [4.69, 9.17) is 4.74 Å². The van der Waals surface area contributed by atoms with Crippen molar-refractivity contribution in [3.63, 3.8) is 0 Å². The number of amides is 1. The van der Waals surface area contributed by atoms with Crippen LogP contribution in [0.2, 0.25) is 0 Å². The molecule has 2 heterocycles. The van der Waals surface area contributed by atoms with Gasteiger partial charge in [-0.05, 0) is 19.4 Å². The molecule has 5 nitrogen and oxygen atoms in total. The molecule has 2 atom stereocenters. The van der Waals surface area contributed by atoms with Gasteiger partial charge in [-0.2, -0.15) is 0 Å². The maximum Gasteiger partial charge on any atom is 0.227 e. The van der Waals surface area contributed by atoms with Crippen molar-refractivity contribution in [2.24, 2.45) is 11.8 Å². The third-order valence-electron chi connectivity index (χ3n) is 4.28. The fourth-order valence-corrected chi connectivity index (χ4v) is 3.21. The largest absolute Gasteiger partial charge is 0.378 e. The van der Waals surface area contributed by atoms with Crippen molar-refractivity contribution in [1.82, 2.24) is 15.1 Å². The van der Waals surface area contributed by atoms with Gasteiger partial charge in [0.1, 0.15) is 0 Å². The molecule has 20 heavy (non-hydrogen) atoms. The molecule has 0 radical (unpaired) electrons. The Bertz CT molecular complexity index is 316. The molecule has 1 N–H and O–H groups in total. The molecule has 0 aromatic carbocycles. The number of piperidine rings is 1. The minimum absolute atomic E-state index is 0.126. The number of rotatable bonds is 4. The quantitative estimate of drug-likeness (QED) is 0.812. The fraction of sp³-hybridized carbons (Fsp3) is 0.933. The molecule has 2 saturated heterocycles. The standard InChI is InChI=1S/C15H29N3O2/c1-12(2)11-17(3)14-8-13(9-16-10-14)15(19)18-4-6-20-7-5-18/h12-14,16H,4-11H2,1-3H3/t13-,14+/m1/s1. The molecule has 0 bridgehead atoms. The minimum atomic E-state index is 0.126. The molecular formula is C15H29N3O2. The summed E-state index contributed by atoms with van der Waals surface area (Å²) in [5.74, 6) is 1.10. The normalized spacial score (nSPS) is 28.1. The SMILES string of the molecule is CC(C)CN(C)[C@@H]1CNC[C@H](C(=O)N2CCOCC2)C1. The summed E-state index contributed by atoms with van der Waals surface area (Å²) in [6.45, 7) is 10.3. The summed E-state index contributed by atoms with van der Waals surface area (Å²) >= 11 is 0. The second kappa shape index (κ2) is 7.38. The van der Waals surface area contributed by atoms with Crippen molar-refractivity contribution in [3.05, 3.63) is 0 Å². The summed E-state index contributed by atoms with van der Waals surface area (Å²) in [7, 11) is 2.17. The number of hydrogen-bond donors (Lipinski definition) is 1. The highest BCUT2D eigenvalue weighted by atomic mass is 16.5. The van der Waals surface area contributed by atoms with Crippen LogP contribution in [-0.2, 0) is 9.53 Å². The van der Waals surface area contributed by atoms with E-state index < -0.39 is 0 Å². The first-order valence-corrected chi connectivity index (χ1v) is 7.85. The van der Waals surface area contributed by atoms with Crippen LogP contribution in [0.25, 0.3) is 0 Å². The second-order valence-electron chi connectivity index (χ2n) is 6.52. The summed E-state index contributed by atoms with van der Waals surface area (Å²) in [6, 6.07) is 0.473. The van der Waals surface area contributed by atoms with Gasteiger partial charge in [0, 0.05) is 38.8 Å². The van der Waals surface area contributed by atoms with Crippen molar-refractivity contribution >= 4 is 5.91 Å². The molecule has 5 heteroatoms. The summed E-state index contributed by atoms with van der Waals surface area (Å²) < 4.78 is 5.32. The smallest absolute Gasteiger partial charge is 0.227 e. The average molecular weight is 283 g/mol. The van der Waals surface area contributed by atoms with Gasteiger partial charge in [-0.3, -0.25) is 4.79 Å². The lowest BCUT2D eigenvalue weighted by atomic mass is 9.93. The van der Waals surface area contributed by atoms with E-state index in [1.165, 1.54) is 0 Å². The molecule has 0 unspecified atom stereocenters. The van der Waals surface area contributed by atoms with Crippen LogP contribution in [-0.4, -0.2) is 74.7 Å². The number of hydrogen-bond acceptors (Lipinski definition) is 4. The van der Waals surface area contributed by atoms with Crippen LogP contribution in [0.4, 0.5) is 0 Å². The van der Waals surface area contributed by atoms with E-state index in [2.05, 4.69) is 31.1 Å². The number of ether oxygens (including phenoxy) is 1. The summed E-state index contributed by atoms with van der Waals surface area (Å²) in [5.41, 5.74) is 0. The monoisotopic (exact) mass is 283 g/mol. The van der Waals surface area contributed by atoms with Gasteiger partial charge in [-0.1, -0.05) is 13.8 Å². The third-order valence-corrected chi connectivity index (χ3v) is 4.28. The Morgan fingerprint density at radius 3 is 2.70 bits per heavy atom. The van der Waals surface area contributed by atoms with Crippen LogP contribution in [0.15, 0.2) is 0 Å². The van der Waals surface area contributed by atoms with E-state index >= 15 is 0 Å². The van der Waals surface area contributed by atoms with E-state index in [-0.39, 0.29) is 5.92 Å². The summed E-state index contributed by atoms with van der Waals surface area (Å²) in [5, 5.41) is 3.44. The minimum Gasteiger partial charge on any atom is -0.378 e. The molecule has 0 saturated carbocycles. The lowest BCUT2D eigenvalue weighted by Gasteiger charge is -2.38. The number of morpholine rings is 1. The van der Waals surface area contributed by atoms with Crippen LogP contribution in [0.3, 0.4) is 0 Å². The van der Waals surface area contributed by atoms with Gasteiger partial charge < -0.3 is 19.9 Å². The Morgan fingerprint density at radius 1 is 1.35 bits per heavy atom. The summed E-state index contributed by atoms with van der Waals surface area (Å²) in [6.07, 6.45) is 0.979. The second-order valence-corrected chi connectivity index (χ2v) is 6.52. The molecule has 0 aliphatic carbocycles. The average Bonchev–Trinajstić information content (AvgIpc) is 2.47. The molecule has 0 spiro atoms. The molecule has 0 aromatic rings. The number of carbonyl (C=O) groups excluding carboxylic acids is 1. The van der Waals surface area contributed by atoms with E-state index in [1.54, 1.807) is 0 Å². The highest BCUT2D eigenvalue weighted by Crippen LogP contribution is 2.19. The van der Waals surface area contributed by atoms with E-state index in [9.17, 15) is 4.79 Å². The first-order chi connectivity index (χ1) is 9.58. The Balaban J connectivity index is 1.87. The molecule has 2 fully saturated rings. The molecule has 2 aliphatic rings. The Labute approximate surface area is 122 Å². The van der Waals surface area contributed by atoms with Crippen molar-refractivity contribution in [1.29, 1.82) is 0 Å². The van der Waals surface area contributed by atoms with Gasteiger partial charge in [0.15, 0.2) is 0 Å². The lowest BCUT2D eigenvalue weighted by molar-refractivity contribution is -0.140. The topological polar surface area (TPSA) is 44.8 Å². The maximum atomic E-state index is 12.6.